The minimum Gasteiger partial charge on any atom is -0.810 e. The SMILES string of the molecule is C=CC(C)P(=O)([O-])[O-]. The summed E-state index contributed by atoms with van der Waals surface area (Å²) in [7, 11) is -4.37. The summed E-state index contributed by atoms with van der Waals surface area (Å²) >= 11 is 0. The maximum Gasteiger partial charge on any atom is 0.00143 e. The van der Waals surface area contributed by atoms with Crippen LogP contribution in [0.15, 0.2) is 12.7 Å². The van der Waals surface area contributed by atoms with E-state index in [0.29, 0.717) is 0 Å². The van der Waals surface area contributed by atoms with Crippen LogP contribution in [0, 0.1) is 0 Å². The van der Waals surface area contributed by atoms with Crippen molar-refractivity contribution in [1.82, 2.24) is 0 Å². The summed E-state index contributed by atoms with van der Waals surface area (Å²) in [6.45, 7) is 4.45. The minimum atomic E-state index is -4.37. The molecule has 3 nitrogen and oxygen atoms in total. The molecule has 8 heavy (non-hydrogen) atoms. The lowest BCUT2D eigenvalue weighted by Crippen LogP contribution is -2.21. The molecular formula is C4H7O3P-2. The molecule has 0 N–H and O–H groups in total. The molecule has 1 atom stereocenters. The Morgan fingerprint density at radius 1 is 1.75 bits per heavy atom. The summed E-state index contributed by atoms with van der Waals surface area (Å²) in [6.07, 6.45) is 1.11. The van der Waals surface area contributed by atoms with Crippen LogP contribution in [0.2, 0.25) is 0 Å². The highest BCUT2D eigenvalue weighted by molar-refractivity contribution is 7.49. The highest BCUT2D eigenvalue weighted by atomic mass is 31.2. The van der Waals surface area contributed by atoms with Gasteiger partial charge in [0.25, 0.3) is 0 Å². The lowest BCUT2D eigenvalue weighted by Gasteiger charge is -2.33. The molecule has 0 saturated heterocycles. The van der Waals surface area contributed by atoms with Gasteiger partial charge >= 0.3 is 0 Å². The fourth-order valence-electron chi connectivity index (χ4n) is 0.129. The molecule has 0 bridgehead atoms. The highest BCUT2D eigenvalue weighted by Crippen LogP contribution is 2.30. The Bertz CT molecular complexity index is 125. The number of allylic oxidation sites excluding steroid dienone is 1. The first-order valence-electron chi connectivity index (χ1n) is 2.12. The van der Waals surface area contributed by atoms with E-state index < -0.39 is 13.3 Å². The third kappa shape index (κ3) is 2.26. The fraction of sp³-hybridized carbons (Fsp3) is 0.500. The third-order valence-corrected chi connectivity index (χ3v) is 2.05. The normalized spacial score (nSPS) is 15.4. The molecule has 0 radical (unpaired) electrons. The van der Waals surface area contributed by atoms with Crippen LogP contribution in [0.25, 0.3) is 0 Å². The van der Waals surface area contributed by atoms with Crippen molar-refractivity contribution in [2.75, 3.05) is 0 Å². The van der Waals surface area contributed by atoms with Gasteiger partial charge in [-0.1, -0.05) is 20.6 Å². The predicted octanol–water partition coefficient (Wildman–Crippen LogP) is -0.525. The third-order valence-electron chi connectivity index (χ3n) is 0.840. The van der Waals surface area contributed by atoms with Crippen LogP contribution in [0.1, 0.15) is 6.92 Å². The van der Waals surface area contributed by atoms with E-state index in [4.69, 9.17) is 0 Å². The van der Waals surface area contributed by atoms with Gasteiger partial charge in [0, 0.05) is 5.66 Å². The van der Waals surface area contributed by atoms with Crippen LogP contribution >= 0.6 is 7.60 Å². The molecule has 0 aromatic heterocycles. The Hall–Kier alpha value is -0.110. The van der Waals surface area contributed by atoms with Crippen molar-refractivity contribution in [3.8, 4) is 0 Å². The van der Waals surface area contributed by atoms with Crippen molar-refractivity contribution in [2.24, 2.45) is 0 Å². The van der Waals surface area contributed by atoms with Crippen molar-refractivity contribution in [3.05, 3.63) is 12.7 Å². The van der Waals surface area contributed by atoms with Crippen LogP contribution in [0.5, 0.6) is 0 Å². The second-order valence-electron chi connectivity index (χ2n) is 1.52. The Kier molecular flexibility index (Phi) is 2.41. The molecule has 1 unspecified atom stereocenters. The highest BCUT2D eigenvalue weighted by Gasteiger charge is 1.97. The van der Waals surface area contributed by atoms with Crippen molar-refractivity contribution < 1.29 is 14.4 Å². The molecule has 0 aliphatic carbocycles. The van der Waals surface area contributed by atoms with E-state index in [1.165, 1.54) is 6.92 Å². The van der Waals surface area contributed by atoms with Gasteiger partial charge in [0.15, 0.2) is 0 Å². The molecule has 0 aromatic rings. The Labute approximate surface area is 48.2 Å². The zero-order chi connectivity index (χ0) is 6.78. The number of rotatable bonds is 2. The van der Waals surface area contributed by atoms with Crippen LogP contribution in [-0.4, -0.2) is 5.66 Å². The topological polar surface area (TPSA) is 63.2 Å². The van der Waals surface area contributed by atoms with E-state index in [2.05, 4.69) is 6.58 Å². The quantitative estimate of drug-likeness (QED) is 0.377. The van der Waals surface area contributed by atoms with Crippen molar-refractivity contribution in [2.45, 2.75) is 12.6 Å². The molecule has 0 amide bonds. The molecule has 0 aliphatic rings. The number of hydrogen-bond acceptors (Lipinski definition) is 3. The van der Waals surface area contributed by atoms with E-state index >= 15 is 0 Å². The van der Waals surface area contributed by atoms with Gasteiger partial charge in [-0.25, -0.2) is 0 Å². The summed E-state index contributed by atoms with van der Waals surface area (Å²) in [5, 5.41) is 0. The summed E-state index contributed by atoms with van der Waals surface area (Å²) in [4.78, 5) is 19.9. The molecular weight excluding hydrogens is 127 g/mol. The smallest absolute Gasteiger partial charge is 0.00143 e. The molecule has 48 valence electrons. The first kappa shape index (κ1) is 7.89. The van der Waals surface area contributed by atoms with Gasteiger partial charge in [-0.15, -0.1) is 6.58 Å². The molecule has 0 spiro atoms. The standard InChI is InChI=1S/C4H9O3P/c1-3-4(2)8(5,6)7/h3-4H,1H2,2H3,(H2,5,6,7)/p-2. The van der Waals surface area contributed by atoms with Gasteiger partial charge in [-0.3, -0.25) is 0 Å². The molecule has 0 rings (SSSR count). The van der Waals surface area contributed by atoms with E-state index in [1.54, 1.807) is 0 Å². The van der Waals surface area contributed by atoms with E-state index in [1.807, 2.05) is 0 Å². The number of hydrogen-bond donors (Lipinski definition) is 0. The van der Waals surface area contributed by atoms with Crippen LogP contribution in [0.3, 0.4) is 0 Å². The van der Waals surface area contributed by atoms with E-state index in [9.17, 15) is 14.4 Å². The molecule has 0 heterocycles. The summed E-state index contributed by atoms with van der Waals surface area (Å²) in [6, 6.07) is 0. The molecule has 0 aromatic carbocycles. The lowest BCUT2D eigenvalue weighted by atomic mass is 10.5. The Morgan fingerprint density at radius 2 is 2.12 bits per heavy atom. The Morgan fingerprint density at radius 3 is 2.12 bits per heavy atom. The Balaban J connectivity index is 4.02. The maximum absolute atomic E-state index is 9.96. The fourth-order valence-corrected chi connectivity index (χ4v) is 0.387. The van der Waals surface area contributed by atoms with Gasteiger partial charge < -0.3 is 14.4 Å². The second kappa shape index (κ2) is 2.44. The largest absolute Gasteiger partial charge is 0.810 e. The van der Waals surface area contributed by atoms with Crippen molar-refractivity contribution in [1.29, 1.82) is 0 Å². The van der Waals surface area contributed by atoms with Crippen LogP contribution < -0.4 is 9.79 Å². The van der Waals surface area contributed by atoms with Crippen molar-refractivity contribution >= 4 is 7.60 Å². The first-order chi connectivity index (χ1) is 3.48. The lowest BCUT2D eigenvalue weighted by molar-refractivity contribution is -0.315. The van der Waals surface area contributed by atoms with Crippen molar-refractivity contribution in [3.63, 3.8) is 0 Å². The summed E-state index contributed by atoms with van der Waals surface area (Å²) in [5.41, 5.74) is -0.942. The molecule has 0 fully saturated rings. The minimum absolute atomic E-state index is 0.942. The maximum atomic E-state index is 9.96. The second-order valence-corrected chi connectivity index (χ2v) is 3.41. The van der Waals surface area contributed by atoms with Gasteiger partial charge in [-0.05, 0) is 0 Å². The van der Waals surface area contributed by atoms with Gasteiger partial charge in [0.2, 0.25) is 0 Å². The van der Waals surface area contributed by atoms with Gasteiger partial charge in [0.1, 0.15) is 0 Å². The zero-order valence-corrected chi connectivity index (χ0v) is 5.43. The van der Waals surface area contributed by atoms with E-state index in [-0.39, 0.29) is 0 Å². The zero-order valence-electron chi connectivity index (χ0n) is 4.53. The molecule has 4 heteroatoms. The van der Waals surface area contributed by atoms with Crippen LogP contribution in [0.4, 0.5) is 0 Å². The molecule has 0 saturated carbocycles. The molecule has 0 aliphatic heterocycles. The average molecular weight is 134 g/mol. The predicted molar refractivity (Wildman–Crippen MR) is 27.3 cm³/mol. The van der Waals surface area contributed by atoms with Gasteiger partial charge in [0.05, 0.1) is 0 Å². The van der Waals surface area contributed by atoms with Gasteiger partial charge in [-0.2, -0.15) is 0 Å². The van der Waals surface area contributed by atoms with Crippen LogP contribution in [-0.2, 0) is 4.57 Å². The monoisotopic (exact) mass is 134 g/mol. The van der Waals surface area contributed by atoms with E-state index in [0.717, 1.165) is 6.08 Å². The summed E-state index contributed by atoms with van der Waals surface area (Å²) in [5.74, 6) is 0. The summed E-state index contributed by atoms with van der Waals surface area (Å²) < 4.78 is 9.96. The first-order valence-corrected chi connectivity index (χ1v) is 3.74. The average Bonchev–Trinajstić information content (AvgIpc) is 1.62.